The maximum Gasteiger partial charge on any atom is 0.307 e. The molecule has 0 bridgehead atoms. The third kappa shape index (κ3) is 5.39. The van der Waals surface area contributed by atoms with E-state index in [1.807, 2.05) is 0 Å². The highest BCUT2D eigenvalue weighted by molar-refractivity contribution is 9.10. The molecule has 0 heterocycles. The number of rotatable bonds is 7. The van der Waals surface area contributed by atoms with Crippen LogP contribution in [0.5, 0.6) is 5.75 Å². The van der Waals surface area contributed by atoms with Crippen molar-refractivity contribution in [2.75, 3.05) is 7.11 Å². The van der Waals surface area contributed by atoms with E-state index in [1.54, 1.807) is 48.5 Å². The minimum Gasteiger partial charge on any atom is -0.497 e. The van der Waals surface area contributed by atoms with E-state index in [1.165, 1.54) is 7.11 Å². The lowest BCUT2D eigenvalue weighted by molar-refractivity contribution is -0.150. The van der Waals surface area contributed by atoms with Crippen LogP contribution in [0, 0.1) is 0 Å². The molecule has 29 heavy (non-hydrogen) atoms. The standard InChI is InChI=1S/C22H25BrO5S/c1-27-17-12-13-20(23)19(14-17)21(29(25,26)18-10-6-3-7-11-18)15-22(24)28-16-8-4-2-5-9-16/h3,6-7,10-14,16,21H,2,4-5,8-9,15H2,1H3. The van der Waals surface area contributed by atoms with Gasteiger partial charge in [0.1, 0.15) is 17.1 Å². The summed E-state index contributed by atoms with van der Waals surface area (Å²) in [5.41, 5.74) is 0.480. The molecule has 0 aliphatic heterocycles. The summed E-state index contributed by atoms with van der Waals surface area (Å²) in [6.45, 7) is 0. The van der Waals surface area contributed by atoms with Crippen molar-refractivity contribution in [3.63, 3.8) is 0 Å². The number of halogens is 1. The van der Waals surface area contributed by atoms with Gasteiger partial charge in [-0.05, 0) is 61.6 Å². The van der Waals surface area contributed by atoms with E-state index in [-0.39, 0.29) is 17.4 Å². The van der Waals surface area contributed by atoms with Gasteiger partial charge in [-0.2, -0.15) is 0 Å². The van der Waals surface area contributed by atoms with Gasteiger partial charge in [-0.1, -0.05) is 40.5 Å². The van der Waals surface area contributed by atoms with Crippen LogP contribution in [0.2, 0.25) is 0 Å². The Morgan fingerprint density at radius 2 is 1.79 bits per heavy atom. The molecule has 0 N–H and O–H groups in total. The normalized spacial score (nSPS) is 16.2. The smallest absolute Gasteiger partial charge is 0.307 e. The van der Waals surface area contributed by atoms with Crippen LogP contribution in [-0.4, -0.2) is 27.6 Å². The number of benzene rings is 2. The first-order valence-corrected chi connectivity index (χ1v) is 12.1. The Labute approximate surface area is 180 Å². The Morgan fingerprint density at radius 1 is 1.10 bits per heavy atom. The fraction of sp³-hybridized carbons (Fsp3) is 0.409. The van der Waals surface area contributed by atoms with Crippen LogP contribution in [0.25, 0.3) is 0 Å². The predicted octanol–water partition coefficient (Wildman–Crippen LogP) is 5.24. The van der Waals surface area contributed by atoms with Gasteiger partial charge in [0, 0.05) is 4.47 Å². The zero-order chi connectivity index (χ0) is 20.9. The van der Waals surface area contributed by atoms with Crippen molar-refractivity contribution in [3.05, 3.63) is 58.6 Å². The molecule has 0 amide bonds. The van der Waals surface area contributed by atoms with E-state index >= 15 is 0 Å². The number of ether oxygens (including phenoxy) is 2. The van der Waals surface area contributed by atoms with Crippen molar-refractivity contribution >= 4 is 31.7 Å². The van der Waals surface area contributed by atoms with Crippen molar-refractivity contribution in [1.82, 2.24) is 0 Å². The molecule has 1 fully saturated rings. The second-order valence-corrected chi connectivity index (χ2v) is 10.2. The van der Waals surface area contributed by atoms with Crippen LogP contribution < -0.4 is 4.74 Å². The number of sulfone groups is 1. The summed E-state index contributed by atoms with van der Waals surface area (Å²) in [5.74, 6) is 0.0354. The van der Waals surface area contributed by atoms with Crippen LogP contribution in [0.4, 0.5) is 0 Å². The maximum absolute atomic E-state index is 13.4. The minimum atomic E-state index is -3.82. The molecular weight excluding hydrogens is 456 g/mol. The number of hydrogen-bond donors (Lipinski definition) is 0. The van der Waals surface area contributed by atoms with Crippen molar-refractivity contribution in [2.45, 2.75) is 54.8 Å². The summed E-state index contributed by atoms with van der Waals surface area (Å²) in [5, 5.41) is -1.08. The average molecular weight is 481 g/mol. The molecule has 1 aliphatic carbocycles. The number of carbonyl (C=O) groups is 1. The highest BCUT2D eigenvalue weighted by Crippen LogP contribution is 2.38. The van der Waals surface area contributed by atoms with Crippen LogP contribution in [0.3, 0.4) is 0 Å². The van der Waals surface area contributed by atoms with Gasteiger partial charge in [0.25, 0.3) is 0 Å². The molecule has 2 aromatic rings. The Balaban J connectivity index is 1.94. The number of methoxy groups -OCH3 is 1. The Morgan fingerprint density at radius 3 is 2.45 bits per heavy atom. The van der Waals surface area contributed by atoms with Gasteiger partial charge in [0.05, 0.1) is 18.4 Å². The van der Waals surface area contributed by atoms with Crippen LogP contribution in [-0.2, 0) is 19.4 Å². The number of esters is 1. The second-order valence-electron chi connectivity index (χ2n) is 7.19. The fourth-order valence-electron chi connectivity index (χ4n) is 3.63. The van der Waals surface area contributed by atoms with Gasteiger partial charge in [0.15, 0.2) is 9.84 Å². The van der Waals surface area contributed by atoms with Gasteiger partial charge >= 0.3 is 5.97 Å². The molecule has 5 nitrogen and oxygen atoms in total. The molecule has 2 aromatic carbocycles. The summed E-state index contributed by atoms with van der Waals surface area (Å²) in [7, 11) is -2.30. The highest BCUT2D eigenvalue weighted by atomic mass is 79.9. The molecule has 156 valence electrons. The maximum atomic E-state index is 13.4. The van der Waals surface area contributed by atoms with E-state index in [0.29, 0.717) is 15.8 Å². The molecule has 0 aromatic heterocycles. The summed E-state index contributed by atoms with van der Waals surface area (Å²) in [6, 6.07) is 13.3. The molecule has 1 atom stereocenters. The monoisotopic (exact) mass is 480 g/mol. The lowest BCUT2D eigenvalue weighted by Gasteiger charge is -2.24. The van der Waals surface area contributed by atoms with Gasteiger partial charge in [-0.25, -0.2) is 8.42 Å². The quantitative estimate of drug-likeness (QED) is 0.506. The molecule has 0 saturated heterocycles. The minimum absolute atomic E-state index is 0.120. The Hall–Kier alpha value is -1.86. The van der Waals surface area contributed by atoms with Crippen molar-refractivity contribution in [2.24, 2.45) is 0 Å². The molecule has 1 unspecified atom stereocenters. The van der Waals surface area contributed by atoms with Crippen molar-refractivity contribution in [1.29, 1.82) is 0 Å². The largest absolute Gasteiger partial charge is 0.497 e. The fourth-order valence-corrected chi connectivity index (χ4v) is 6.05. The van der Waals surface area contributed by atoms with Crippen LogP contribution in [0.1, 0.15) is 49.3 Å². The molecule has 3 rings (SSSR count). The second kappa shape index (κ2) is 9.76. The van der Waals surface area contributed by atoms with E-state index in [4.69, 9.17) is 9.47 Å². The summed E-state index contributed by atoms with van der Waals surface area (Å²) in [6.07, 6.45) is 4.52. The third-order valence-corrected chi connectivity index (χ3v) is 8.02. The van der Waals surface area contributed by atoms with E-state index in [0.717, 1.165) is 32.1 Å². The van der Waals surface area contributed by atoms with E-state index < -0.39 is 21.1 Å². The molecule has 0 spiro atoms. The van der Waals surface area contributed by atoms with Gasteiger partial charge in [-0.3, -0.25) is 4.79 Å². The van der Waals surface area contributed by atoms with Gasteiger partial charge < -0.3 is 9.47 Å². The third-order valence-electron chi connectivity index (χ3n) is 5.20. The van der Waals surface area contributed by atoms with E-state index in [9.17, 15) is 13.2 Å². The van der Waals surface area contributed by atoms with Crippen molar-refractivity contribution < 1.29 is 22.7 Å². The van der Waals surface area contributed by atoms with Crippen LogP contribution >= 0.6 is 15.9 Å². The summed E-state index contributed by atoms with van der Waals surface area (Å²) >= 11 is 3.44. The molecule has 0 radical (unpaired) electrons. The Kier molecular flexibility index (Phi) is 7.35. The van der Waals surface area contributed by atoms with Gasteiger partial charge in [0.2, 0.25) is 0 Å². The lowest BCUT2D eigenvalue weighted by atomic mass is 9.98. The topological polar surface area (TPSA) is 69.7 Å². The average Bonchev–Trinajstić information content (AvgIpc) is 2.74. The first-order chi connectivity index (χ1) is 13.9. The van der Waals surface area contributed by atoms with E-state index in [2.05, 4.69) is 15.9 Å². The molecule has 1 saturated carbocycles. The Bertz CT molecular complexity index is 937. The molecular formula is C22H25BrO5S. The first-order valence-electron chi connectivity index (χ1n) is 9.73. The predicted molar refractivity (Wildman–Crippen MR) is 115 cm³/mol. The van der Waals surface area contributed by atoms with Gasteiger partial charge in [-0.15, -0.1) is 0 Å². The van der Waals surface area contributed by atoms with Crippen LogP contribution in [0.15, 0.2) is 57.9 Å². The first kappa shape index (κ1) is 21.8. The number of hydrogen-bond acceptors (Lipinski definition) is 5. The zero-order valence-electron chi connectivity index (χ0n) is 16.3. The summed E-state index contributed by atoms with van der Waals surface area (Å²) < 4.78 is 38.4. The lowest BCUT2D eigenvalue weighted by Crippen LogP contribution is -2.24. The number of carbonyl (C=O) groups excluding carboxylic acids is 1. The summed E-state index contributed by atoms with van der Waals surface area (Å²) in [4.78, 5) is 12.9. The molecule has 7 heteroatoms. The van der Waals surface area contributed by atoms with Crippen molar-refractivity contribution in [3.8, 4) is 5.75 Å². The highest BCUT2D eigenvalue weighted by Gasteiger charge is 2.34. The molecule has 1 aliphatic rings. The zero-order valence-corrected chi connectivity index (χ0v) is 18.7. The SMILES string of the molecule is COc1ccc(Br)c(C(CC(=O)OC2CCCCC2)S(=O)(=O)c2ccccc2)c1.